The minimum atomic E-state index is -3.50. The van der Waals surface area contributed by atoms with Gasteiger partial charge >= 0.3 is 0 Å². The van der Waals surface area contributed by atoms with Crippen molar-refractivity contribution in [1.29, 1.82) is 0 Å². The highest BCUT2D eigenvalue weighted by Crippen LogP contribution is 2.27. The summed E-state index contributed by atoms with van der Waals surface area (Å²) in [6.07, 6.45) is 1.06. The van der Waals surface area contributed by atoms with Gasteiger partial charge in [0, 0.05) is 24.7 Å². The van der Waals surface area contributed by atoms with E-state index in [2.05, 4.69) is 17.4 Å². The van der Waals surface area contributed by atoms with Gasteiger partial charge in [0.1, 0.15) is 0 Å². The van der Waals surface area contributed by atoms with Gasteiger partial charge in [-0.05, 0) is 63.8 Å². The summed E-state index contributed by atoms with van der Waals surface area (Å²) in [6, 6.07) is 11.0. The molecular formula is C22H28N2O3S. The average Bonchev–Trinajstić information content (AvgIpc) is 2.65. The van der Waals surface area contributed by atoms with Gasteiger partial charge < -0.3 is 5.32 Å². The number of sulfonamides is 1. The topological polar surface area (TPSA) is 66.5 Å². The zero-order valence-corrected chi connectivity index (χ0v) is 17.8. The molecule has 0 saturated carbocycles. The first-order valence-corrected chi connectivity index (χ1v) is 11.1. The van der Waals surface area contributed by atoms with Crippen LogP contribution in [0.2, 0.25) is 0 Å². The van der Waals surface area contributed by atoms with Crippen molar-refractivity contribution in [1.82, 2.24) is 4.31 Å². The zero-order valence-electron chi connectivity index (χ0n) is 17.0. The Balaban J connectivity index is 1.65. The molecule has 150 valence electrons. The van der Waals surface area contributed by atoms with Crippen LogP contribution in [0.15, 0.2) is 41.3 Å². The third kappa shape index (κ3) is 4.28. The van der Waals surface area contributed by atoms with Crippen molar-refractivity contribution in [2.45, 2.75) is 45.4 Å². The number of nitrogens with zero attached hydrogens (tertiary/aromatic N) is 1. The van der Waals surface area contributed by atoms with Gasteiger partial charge in [-0.15, -0.1) is 0 Å². The number of hydrogen-bond acceptors (Lipinski definition) is 3. The number of aryl methyl sites for hydroxylation is 4. The predicted molar refractivity (Wildman–Crippen MR) is 112 cm³/mol. The lowest BCUT2D eigenvalue weighted by Crippen LogP contribution is -2.41. The standard InChI is InChI=1S/C22H28N2O3S/c1-15-5-7-20(8-6-15)28(26,27)24-11-9-19(10-12-24)22(25)23-21-17(3)13-16(2)14-18(21)4/h5-8,13-14,19H,9-12H2,1-4H3,(H,23,25). The molecule has 0 aromatic heterocycles. The lowest BCUT2D eigenvalue weighted by atomic mass is 9.96. The number of carbonyl (C=O) groups excluding carboxylic acids is 1. The summed E-state index contributed by atoms with van der Waals surface area (Å²) in [4.78, 5) is 13.1. The van der Waals surface area contributed by atoms with E-state index in [0.717, 1.165) is 22.4 Å². The lowest BCUT2D eigenvalue weighted by Gasteiger charge is -2.30. The summed E-state index contributed by atoms with van der Waals surface area (Å²) in [7, 11) is -3.50. The van der Waals surface area contributed by atoms with Crippen molar-refractivity contribution >= 4 is 21.6 Å². The summed E-state index contributed by atoms with van der Waals surface area (Å²) in [5.74, 6) is -0.202. The molecular weight excluding hydrogens is 372 g/mol. The zero-order chi connectivity index (χ0) is 20.5. The number of piperidine rings is 1. The fourth-order valence-corrected chi connectivity index (χ4v) is 5.29. The summed E-state index contributed by atoms with van der Waals surface area (Å²) < 4.78 is 27.1. The van der Waals surface area contributed by atoms with E-state index in [1.807, 2.05) is 27.7 Å². The molecule has 1 heterocycles. The molecule has 0 spiro atoms. The highest BCUT2D eigenvalue weighted by molar-refractivity contribution is 7.89. The molecule has 28 heavy (non-hydrogen) atoms. The predicted octanol–water partition coefficient (Wildman–Crippen LogP) is 3.96. The molecule has 1 saturated heterocycles. The first-order chi connectivity index (χ1) is 13.2. The molecule has 0 radical (unpaired) electrons. The maximum atomic E-state index is 12.8. The molecule has 0 unspecified atom stereocenters. The van der Waals surface area contributed by atoms with Crippen LogP contribution >= 0.6 is 0 Å². The van der Waals surface area contributed by atoms with E-state index >= 15 is 0 Å². The normalized spacial score (nSPS) is 16.1. The van der Waals surface area contributed by atoms with Crippen LogP contribution in [0.5, 0.6) is 0 Å². The van der Waals surface area contributed by atoms with Gasteiger partial charge in [0.2, 0.25) is 15.9 Å². The number of anilines is 1. The van der Waals surface area contributed by atoms with Gasteiger partial charge in [0.15, 0.2) is 0 Å². The second-order valence-electron chi connectivity index (χ2n) is 7.75. The van der Waals surface area contributed by atoms with E-state index < -0.39 is 10.0 Å². The Morgan fingerprint density at radius 3 is 2.00 bits per heavy atom. The van der Waals surface area contributed by atoms with Crippen molar-refractivity contribution in [3.63, 3.8) is 0 Å². The molecule has 1 fully saturated rings. The van der Waals surface area contributed by atoms with E-state index in [9.17, 15) is 13.2 Å². The van der Waals surface area contributed by atoms with Crippen LogP contribution in [0.4, 0.5) is 5.69 Å². The van der Waals surface area contributed by atoms with Crippen molar-refractivity contribution in [2.75, 3.05) is 18.4 Å². The Kier molecular flexibility index (Phi) is 5.91. The Morgan fingerprint density at radius 2 is 1.46 bits per heavy atom. The Morgan fingerprint density at radius 1 is 0.929 bits per heavy atom. The minimum absolute atomic E-state index is 0.0255. The molecule has 1 aliphatic rings. The highest BCUT2D eigenvalue weighted by atomic mass is 32.2. The van der Waals surface area contributed by atoms with E-state index in [1.165, 1.54) is 9.87 Å². The maximum absolute atomic E-state index is 12.8. The van der Waals surface area contributed by atoms with E-state index in [4.69, 9.17) is 0 Å². The van der Waals surface area contributed by atoms with Crippen LogP contribution in [-0.2, 0) is 14.8 Å². The molecule has 1 aliphatic heterocycles. The van der Waals surface area contributed by atoms with Crippen LogP contribution in [0.25, 0.3) is 0 Å². The van der Waals surface area contributed by atoms with Crippen molar-refractivity contribution < 1.29 is 13.2 Å². The van der Waals surface area contributed by atoms with Crippen LogP contribution in [0.3, 0.4) is 0 Å². The van der Waals surface area contributed by atoms with Gasteiger partial charge in [0.05, 0.1) is 4.90 Å². The molecule has 0 aliphatic carbocycles. The SMILES string of the molecule is Cc1ccc(S(=O)(=O)N2CCC(C(=O)Nc3c(C)cc(C)cc3C)CC2)cc1. The molecule has 2 aromatic carbocycles. The van der Waals surface area contributed by atoms with Crippen LogP contribution in [-0.4, -0.2) is 31.7 Å². The number of nitrogens with one attached hydrogen (secondary N) is 1. The Bertz CT molecular complexity index is 950. The molecule has 1 amide bonds. The highest BCUT2D eigenvalue weighted by Gasteiger charge is 2.32. The van der Waals surface area contributed by atoms with Crippen molar-refractivity contribution in [3.05, 3.63) is 58.7 Å². The van der Waals surface area contributed by atoms with Crippen LogP contribution < -0.4 is 5.32 Å². The number of benzene rings is 2. The van der Waals surface area contributed by atoms with Crippen LogP contribution in [0, 0.1) is 33.6 Å². The average molecular weight is 401 g/mol. The van der Waals surface area contributed by atoms with Gasteiger partial charge in [-0.3, -0.25) is 4.79 Å². The van der Waals surface area contributed by atoms with Gasteiger partial charge in [-0.2, -0.15) is 4.31 Å². The first kappa shape index (κ1) is 20.6. The molecule has 5 nitrogen and oxygen atoms in total. The Labute approximate surface area is 167 Å². The monoisotopic (exact) mass is 400 g/mol. The van der Waals surface area contributed by atoms with E-state index in [0.29, 0.717) is 30.8 Å². The smallest absolute Gasteiger partial charge is 0.243 e. The second-order valence-corrected chi connectivity index (χ2v) is 9.69. The summed E-state index contributed by atoms with van der Waals surface area (Å²) in [5, 5.41) is 3.06. The minimum Gasteiger partial charge on any atom is -0.325 e. The quantitative estimate of drug-likeness (QED) is 0.845. The lowest BCUT2D eigenvalue weighted by molar-refractivity contribution is -0.120. The first-order valence-electron chi connectivity index (χ1n) is 9.64. The molecule has 6 heteroatoms. The largest absolute Gasteiger partial charge is 0.325 e. The second kappa shape index (κ2) is 8.05. The third-order valence-electron chi connectivity index (χ3n) is 5.41. The Hall–Kier alpha value is -2.18. The molecule has 1 N–H and O–H groups in total. The number of rotatable bonds is 4. The molecule has 0 bridgehead atoms. The summed E-state index contributed by atoms with van der Waals surface area (Å²) in [6.45, 7) is 8.67. The van der Waals surface area contributed by atoms with Gasteiger partial charge in [0.25, 0.3) is 0 Å². The number of carbonyl (C=O) groups is 1. The number of amides is 1. The summed E-state index contributed by atoms with van der Waals surface area (Å²) >= 11 is 0. The number of hydrogen-bond donors (Lipinski definition) is 1. The third-order valence-corrected chi connectivity index (χ3v) is 7.32. The fraction of sp³-hybridized carbons (Fsp3) is 0.409. The summed E-state index contributed by atoms with van der Waals surface area (Å²) in [5.41, 5.74) is 5.15. The van der Waals surface area contributed by atoms with Crippen molar-refractivity contribution in [2.24, 2.45) is 5.92 Å². The molecule has 0 atom stereocenters. The molecule has 2 aromatic rings. The fourth-order valence-electron chi connectivity index (χ4n) is 3.82. The van der Waals surface area contributed by atoms with Crippen molar-refractivity contribution in [3.8, 4) is 0 Å². The molecule has 3 rings (SSSR count). The van der Waals surface area contributed by atoms with E-state index in [-0.39, 0.29) is 11.8 Å². The van der Waals surface area contributed by atoms with Gasteiger partial charge in [-0.1, -0.05) is 35.4 Å². The maximum Gasteiger partial charge on any atom is 0.243 e. The van der Waals surface area contributed by atoms with Crippen LogP contribution in [0.1, 0.15) is 35.1 Å². The van der Waals surface area contributed by atoms with Gasteiger partial charge in [-0.25, -0.2) is 8.42 Å². The van der Waals surface area contributed by atoms with E-state index in [1.54, 1.807) is 24.3 Å².